The summed E-state index contributed by atoms with van der Waals surface area (Å²) in [6, 6.07) is 11.6. The standard InChI is InChI=1S/C23H27N3O2S/c1-22(2)11-17(22)20(27)25-14-5-8-16(9-6-14)29-19-10-7-15(13-24-19)26-21(28)18-12-23(18,3)4/h5-10,13,17-18H,11-12H2,1-4H3,(H,25,27)(H,26,28). The lowest BCUT2D eigenvalue weighted by molar-refractivity contribution is -0.118. The van der Waals surface area contributed by atoms with Crippen molar-refractivity contribution in [3.63, 3.8) is 0 Å². The Morgan fingerprint density at radius 1 is 0.862 bits per heavy atom. The molecule has 5 nitrogen and oxygen atoms in total. The van der Waals surface area contributed by atoms with Crippen LogP contribution in [-0.2, 0) is 9.59 Å². The fraction of sp³-hybridized carbons (Fsp3) is 0.435. The lowest BCUT2D eigenvalue weighted by atomic mass is 10.1. The molecule has 4 rings (SSSR count). The largest absolute Gasteiger partial charge is 0.326 e. The number of carbonyl (C=O) groups is 2. The molecule has 0 bridgehead atoms. The van der Waals surface area contributed by atoms with Crippen LogP contribution in [-0.4, -0.2) is 16.8 Å². The highest BCUT2D eigenvalue weighted by Crippen LogP contribution is 2.52. The lowest BCUT2D eigenvalue weighted by Crippen LogP contribution is -2.16. The van der Waals surface area contributed by atoms with Gasteiger partial charge in [-0.15, -0.1) is 0 Å². The number of rotatable bonds is 6. The highest BCUT2D eigenvalue weighted by molar-refractivity contribution is 7.99. The highest BCUT2D eigenvalue weighted by atomic mass is 32.2. The average molecular weight is 410 g/mol. The molecule has 6 heteroatoms. The minimum absolute atomic E-state index is 0.0735. The molecular weight excluding hydrogens is 382 g/mol. The van der Waals surface area contributed by atoms with E-state index in [1.165, 1.54) is 0 Å². The first-order chi connectivity index (χ1) is 13.6. The Balaban J connectivity index is 1.30. The van der Waals surface area contributed by atoms with E-state index >= 15 is 0 Å². The van der Waals surface area contributed by atoms with Gasteiger partial charge >= 0.3 is 0 Å². The van der Waals surface area contributed by atoms with Crippen LogP contribution in [0.3, 0.4) is 0 Å². The molecule has 2 unspecified atom stereocenters. The van der Waals surface area contributed by atoms with E-state index in [1.807, 2.05) is 36.4 Å². The third kappa shape index (κ3) is 4.64. The molecule has 29 heavy (non-hydrogen) atoms. The molecule has 2 N–H and O–H groups in total. The Bertz CT molecular complexity index is 858. The van der Waals surface area contributed by atoms with Crippen LogP contribution < -0.4 is 10.6 Å². The Morgan fingerprint density at radius 3 is 1.79 bits per heavy atom. The van der Waals surface area contributed by atoms with Gasteiger partial charge in [0.05, 0.1) is 11.9 Å². The third-order valence-electron chi connectivity index (χ3n) is 6.01. The van der Waals surface area contributed by atoms with Crippen LogP contribution in [0.1, 0.15) is 40.5 Å². The fourth-order valence-corrected chi connectivity index (χ4v) is 4.29. The van der Waals surface area contributed by atoms with Crippen LogP contribution in [0.5, 0.6) is 0 Å². The zero-order valence-corrected chi connectivity index (χ0v) is 18.1. The van der Waals surface area contributed by atoms with Crippen LogP contribution in [0.15, 0.2) is 52.5 Å². The average Bonchev–Trinajstić information content (AvgIpc) is 3.52. The van der Waals surface area contributed by atoms with E-state index in [4.69, 9.17) is 0 Å². The number of hydrogen-bond donors (Lipinski definition) is 2. The first-order valence-corrected chi connectivity index (χ1v) is 10.8. The van der Waals surface area contributed by atoms with Crippen molar-refractivity contribution in [3.05, 3.63) is 42.6 Å². The lowest BCUT2D eigenvalue weighted by Gasteiger charge is -2.08. The van der Waals surface area contributed by atoms with Crippen molar-refractivity contribution < 1.29 is 9.59 Å². The monoisotopic (exact) mass is 409 g/mol. The van der Waals surface area contributed by atoms with Crippen molar-refractivity contribution in [1.82, 2.24) is 4.98 Å². The van der Waals surface area contributed by atoms with Gasteiger partial charge in [-0.05, 0) is 60.1 Å². The molecule has 1 aromatic heterocycles. The second-order valence-corrected chi connectivity index (χ2v) is 10.6. The van der Waals surface area contributed by atoms with Crippen molar-refractivity contribution in [3.8, 4) is 0 Å². The van der Waals surface area contributed by atoms with Crippen molar-refractivity contribution in [2.75, 3.05) is 10.6 Å². The number of anilines is 2. The Labute approximate surface area is 176 Å². The minimum atomic E-state index is 0.0735. The van der Waals surface area contributed by atoms with Crippen LogP contribution in [0.2, 0.25) is 0 Å². The molecule has 2 atom stereocenters. The summed E-state index contributed by atoms with van der Waals surface area (Å²) in [5.74, 6) is 0.390. The van der Waals surface area contributed by atoms with Gasteiger partial charge < -0.3 is 10.6 Å². The van der Waals surface area contributed by atoms with Gasteiger partial charge in [0.25, 0.3) is 0 Å². The molecule has 2 aromatic rings. The minimum Gasteiger partial charge on any atom is -0.326 e. The predicted molar refractivity (Wildman–Crippen MR) is 116 cm³/mol. The number of carbonyl (C=O) groups excluding carboxylic acids is 2. The third-order valence-corrected chi connectivity index (χ3v) is 6.97. The molecule has 1 heterocycles. The molecule has 0 radical (unpaired) electrons. The predicted octanol–water partition coefficient (Wildman–Crippen LogP) is 5.20. The molecule has 152 valence electrons. The number of aromatic nitrogens is 1. The zero-order valence-electron chi connectivity index (χ0n) is 17.3. The van der Waals surface area contributed by atoms with Crippen LogP contribution in [0, 0.1) is 22.7 Å². The first-order valence-electron chi connectivity index (χ1n) is 10.00. The van der Waals surface area contributed by atoms with E-state index in [1.54, 1.807) is 18.0 Å². The van der Waals surface area contributed by atoms with Gasteiger partial charge in [0.2, 0.25) is 11.8 Å². The maximum absolute atomic E-state index is 12.2. The van der Waals surface area contributed by atoms with Gasteiger partial charge in [0, 0.05) is 22.4 Å². The van der Waals surface area contributed by atoms with Crippen molar-refractivity contribution in [2.45, 2.75) is 50.5 Å². The van der Waals surface area contributed by atoms with Gasteiger partial charge in [-0.1, -0.05) is 39.5 Å². The Morgan fingerprint density at radius 2 is 1.34 bits per heavy atom. The SMILES string of the molecule is CC1(C)CC1C(=O)Nc1ccc(Sc2ccc(NC(=O)C3CC3(C)C)cn2)cc1. The van der Waals surface area contributed by atoms with E-state index in [2.05, 4.69) is 43.3 Å². The number of amides is 2. The molecular formula is C23H27N3O2S. The van der Waals surface area contributed by atoms with Gasteiger partial charge in [0.15, 0.2) is 0 Å². The fourth-order valence-electron chi connectivity index (χ4n) is 3.53. The number of nitrogens with one attached hydrogen (secondary N) is 2. The summed E-state index contributed by atoms with van der Waals surface area (Å²) < 4.78 is 0. The Hall–Kier alpha value is -2.34. The normalized spacial score (nSPS) is 23.2. The number of pyridine rings is 1. The maximum atomic E-state index is 12.2. The molecule has 0 aliphatic heterocycles. The number of hydrogen-bond acceptors (Lipinski definition) is 4. The van der Waals surface area contributed by atoms with Crippen LogP contribution in [0.25, 0.3) is 0 Å². The summed E-state index contributed by atoms with van der Waals surface area (Å²) in [7, 11) is 0. The molecule has 2 aliphatic carbocycles. The zero-order chi connectivity index (χ0) is 20.8. The van der Waals surface area contributed by atoms with E-state index in [0.717, 1.165) is 34.1 Å². The van der Waals surface area contributed by atoms with Crippen LogP contribution in [0.4, 0.5) is 11.4 Å². The molecule has 2 amide bonds. The van der Waals surface area contributed by atoms with Crippen molar-refractivity contribution in [2.24, 2.45) is 22.7 Å². The molecule has 2 fully saturated rings. The summed E-state index contributed by atoms with van der Waals surface area (Å²) in [6.07, 6.45) is 3.59. The van der Waals surface area contributed by atoms with Crippen molar-refractivity contribution >= 4 is 35.0 Å². The maximum Gasteiger partial charge on any atom is 0.228 e. The molecule has 0 saturated heterocycles. The van der Waals surface area contributed by atoms with Gasteiger partial charge in [-0.2, -0.15) is 0 Å². The molecule has 1 aromatic carbocycles. The summed E-state index contributed by atoms with van der Waals surface area (Å²) in [5, 5.41) is 6.79. The topological polar surface area (TPSA) is 71.1 Å². The van der Waals surface area contributed by atoms with E-state index in [-0.39, 0.29) is 34.5 Å². The van der Waals surface area contributed by atoms with Crippen molar-refractivity contribution in [1.29, 1.82) is 0 Å². The highest BCUT2D eigenvalue weighted by Gasteiger charge is 2.51. The summed E-state index contributed by atoms with van der Waals surface area (Å²) in [6.45, 7) is 8.46. The summed E-state index contributed by atoms with van der Waals surface area (Å²) in [4.78, 5) is 29.9. The van der Waals surface area contributed by atoms with Crippen LogP contribution >= 0.6 is 11.8 Å². The smallest absolute Gasteiger partial charge is 0.228 e. The van der Waals surface area contributed by atoms with Gasteiger partial charge in [-0.3, -0.25) is 9.59 Å². The van der Waals surface area contributed by atoms with E-state index in [9.17, 15) is 9.59 Å². The molecule has 2 saturated carbocycles. The molecule has 2 aliphatic rings. The number of nitrogens with zero attached hydrogens (tertiary/aromatic N) is 1. The second kappa shape index (κ2) is 7.17. The van der Waals surface area contributed by atoms with Gasteiger partial charge in [0.1, 0.15) is 5.03 Å². The summed E-state index contributed by atoms with van der Waals surface area (Å²) >= 11 is 1.54. The summed E-state index contributed by atoms with van der Waals surface area (Å²) in [5.41, 5.74) is 1.79. The van der Waals surface area contributed by atoms with E-state index in [0.29, 0.717) is 0 Å². The number of benzene rings is 1. The molecule has 0 spiro atoms. The van der Waals surface area contributed by atoms with E-state index < -0.39 is 0 Å². The second-order valence-electron chi connectivity index (χ2n) is 9.48. The quantitative estimate of drug-likeness (QED) is 0.688. The Kier molecular flexibility index (Phi) is 4.93. The van der Waals surface area contributed by atoms with Gasteiger partial charge in [-0.25, -0.2) is 4.98 Å². The first kappa shape index (κ1) is 20.0.